The van der Waals surface area contributed by atoms with Crippen LogP contribution >= 0.6 is 11.8 Å². The summed E-state index contributed by atoms with van der Waals surface area (Å²) >= 11 is 1.98. The van der Waals surface area contributed by atoms with Crippen LogP contribution in [0.4, 0.5) is 0 Å². The van der Waals surface area contributed by atoms with Crippen molar-refractivity contribution in [3.8, 4) is 0 Å². The van der Waals surface area contributed by atoms with Crippen molar-refractivity contribution in [1.82, 2.24) is 5.32 Å². The zero-order chi connectivity index (χ0) is 17.9. The highest BCUT2D eigenvalue weighted by Crippen LogP contribution is 2.12. The third-order valence-electron chi connectivity index (χ3n) is 4.41. The van der Waals surface area contributed by atoms with Crippen LogP contribution in [0.1, 0.15) is 104 Å². The van der Waals surface area contributed by atoms with Gasteiger partial charge in [0.05, 0.1) is 0 Å². The molecule has 0 saturated heterocycles. The fourth-order valence-corrected chi connectivity index (χ4v) is 3.60. The second kappa shape index (κ2) is 19.1. The van der Waals surface area contributed by atoms with E-state index in [1.807, 2.05) is 11.8 Å². The number of nitrogens with one attached hydrogen (secondary N) is 1. The van der Waals surface area contributed by atoms with E-state index in [4.69, 9.17) is 0 Å². The Balaban J connectivity index is 3.08. The van der Waals surface area contributed by atoms with Crippen LogP contribution in [0.3, 0.4) is 0 Å². The van der Waals surface area contributed by atoms with Gasteiger partial charge >= 0.3 is 0 Å². The Morgan fingerprint density at radius 2 is 1.38 bits per heavy atom. The van der Waals surface area contributed by atoms with E-state index >= 15 is 0 Å². The van der Waals surface area contributed by atoms with Crippen molar-refractivity contribution < 1.29 is 4.79 Å². The summed E-state index contributed by atoms with van der Waals surface area (Å²) < 4.78 is 0. The smallest absolute Gasteiger partial charge is 0.220 e. The lowest BCUT2D eigenvalue weighted by molar-refractivity contribution is -0.121. The average molecular weight is 358 g/mol. The average Bonchev–Trinajstić information content (AvgIpc) is 2.56. The van der Waals surface area contributed by atoms with Crippen LogP contribution < -0.4 is 5.32 Å². The van der Waals surface area contributed by atoms with Crippen LogP contribution in [0.15, 0.2) is 0 Å². The number of hydrogen-bond donors (Lipinski definition) is 1. The first kappa shape index (κ1) is 23.8. The fourth-order valence-electron chi connectivity index (χ4n) is 2.74. The van der Waals surface area contributed by atoms with Crippen molar-refractivity contribution in [1.29, 1.82) is 0 Å². The number of hydrogen-bond acceptors (Lipinski definition) is 2. The minimum Gasteiger partial charge on any atom is -0.355 e. The highest BCUT2D eigenvalue weighted by atomic mass is 32.2. The van der Waals surface area contributed by atoms with Crippen molar-refractivity contribution in [3.05, 3.63) is 0 Å². The molecule has 3 heteroatoms. The maximum atomic E-state index is 11.6. The Bertz CT molecular complexity index is 269. The molecule has 0 fully saturated rings. The predicted molar refractivity (Wildman–Crippen MR) is 111 cm³/mol. The summed E-state index contributed by atoms with van der Waals surface area (Å²) in [5.41, 5.74) is 0. The molecule has 0 aliphatic rings. The van der Waals surface area contributed by atoms with E-state index in [1.165, 1.54) is 76.4 Å². The zero-order valence-electron chi connectivity index (χ0n) is 16.7. The van der Waals surface area contributed by atoms with Gasteiger partial charge in [-0.3, -0.25) is 4.79 Å². The molecule has 0 radical (unpaired) electrons. The number of carbonyl (C=O) groups is 1. The molecular weight excluding hydrogens is 314 g/mol. The first-order chi connectivity index (χ1) is 11.7. The maximum Gasteiger partial charge on any atom is 0.220 e. The molecule has 0 saturated carbocycles. The Labute approximate surface area is 156 Å². The number of amides is 1. The monoisotopic (exact) mass is 357 g/mol. The van der Waals surface area contributed by atoms with E-state index in [0.717, 1.165) is 18.7 Å². The van der Waals surface area contributed by atoms with Crippen LogP contribution in [0.2, 0.25) is 0 Å². The molecule has 1 amide bonds. The topological polar surface area (TPSA) is 29.1 Å². The predicted octanol–water partition coefficient (Wildman–Crippen LogP) is 6.58. The van der Waals surface area contributed by atoms with Gasteiger partial charge in [-0.2, -0.15) is 11.8 Å². The van der Waals surface area contributed by atoms with Gasteiger partial charge in [-0.15, -0.1) is 0 Å². The van der Waals surface area contributed by atoms with Gasteiger partial charge in [-0.05, 0) is 24.5 Å². The minimum atomic E-state index is 0.221. The van der Waals surface area contributed by atoms with Crippen LogP contribution in [0.25, 0.3) is 0 Å². The Morgan fingerprint density at radius 1 is 0.833 bits per heavy atom. The highest BCUT2D eigenvalue weighted by molar-refractivity contribution is 7.99. The van der Waals surface area contributed by atoms with Gasteiger partial charge in [0.1, 0.15) is 0 Å². The fraction of sp³-hybridized carbons (Fsp3) is 0.952. The van der Waals surface area contributed by atoms with Crippen molar-refractivity contribution in [2.24, 2.45) is 5.92 Å². The summed E-state index contributed by atoms with van der Waals surface area (Å²) in [6.45, 7) is 7.44. The Morgan fingerprint density at radius 3 is 1.92 bits per heavy atom. The molecule has 2 nitrogen and oxygen atoms in total. The second-order valence-corrected chi connectivity index (χ2v) is 8.66. The molecule has 0 atom stereocenters. The molecule has 0 aliphatic heterocycles. The zero-order valence-corrected chi connectivity index (χ0v) is 17.5. The maximum absolute atomic E-state index is 11.6. The molecule has 0 aromatic heterocycles. The highest BCUT2D eigenvalue weighted by Gasteiger charge is 2.02. The SMILES string of the molecule is CCCCCCCCCCCCCSCCNC(=O)CCC(C)C. The molecule has 0 unspecified atom stereocenters. The Kier molecular flexibility index (Phi) is 19.0. The Hall–Kier alpha value is -0.180. The molecule has 144 valence electrons. The number of unbranched alkanes of at least 4 members (excludes halogenated alkanes) is 10. The van der Waals surface area contributed by atoms with Crippen LogP contribution in [-0.2, 0) is 4.79 Å². The molecule has 0 aromatic carbocycles. The van der Waals surface area contributed by atoms with Crippen LogP contribution in [0.5, 0.6) is 0 Å². The minimum absolute atomic E-state index is 0.221. The number of rotatable bonds is 18. The van der Waals surface area contributed by atoms with E-state index in [2.05, 4.69) is 26.1 Å². The van der Waals surface area contributed by atoms with Gasteiger partial charge in [-0.25, -0.2) is 0 Å². The molecule has 0 bridgehead atoms. The van der Waals surface area contributed by atoms with E-state index < -0.39 is 0 Å². The summed E-state index contributed by atoms with van der Waals surface area (Å²) in [4.78, 5) is 11.6. The van der Waals surface area contributed by atoms with E-state index in [-0.39, 0.29) is 5.91 Å². The second-order valence-electron chi connectivity index (χ2n) is 7.43. The summed E-state index contributed by atoms with van der Waals surface area (Å²) in [6.07, 6.45) is 17.2. The first-order valence-corrected chi connectivity index (χ1v) is 11.7. The standard InChI is InChI=1S/C21H43NOS/c1-4-5-6-7-8-9-10-11-12-13-14-18-24-19-17-22-21(23)16-15-20(2)3/h20H,4-19H2,1-3H3,(H,22,23). The molecule has 0 rings (SSSR count). The lowest BCUT2D eigenvalue weighted by Crippen LogP contribution is -2.25. The molecule has 0 aromatic rings. The largest absolute Gasteiger partial charge is 0.355 e. The lowest BCUT2D eigenvalue weighted by atomic mass is 10.1. The van der Waals surface area contributed by atoms with Gasteiger partial charge in [0, 0.05) is 18.7 Å². The normalized spacial score (nSPS) is 11.2. The third-order valence-corrected chi connectivity index (χ3v) is 5.48. The molecule has 1 N–H and O–H groups in total. The van der Waals surface area contributed by atoms with Gasteiger partial charge < -0.3 is 5.32 Å². The summed E-state index contributed by atoms with van der Waals surface area (Å²) in [5.74, 6) is 3.15. The third kappa shape index (κ3) is 19.9. The summed E-state index contributed by atoms with van der Waals surface area (Å²) in [5, 5.41) is 3.02. The van der Waals surface area contributed by atoms with Gasteiger partial charge in [-0.1, -0.05) is 85.0 Å². The number of carbonyl (C=O) groups excluding carboxylic acids is 1. The molecular formula is C21H43NOS. The first-order valence-electron chi connectivity index (χ1n) is 10.5. The van der Waals surface area contributed by atoms with Crippen LogP contribution in [0, 0.1) is 5.92 Å². The van der Waals surface area contributed by atoms with Crippen molar-refractivity contribution >= 4 is 17.7 Å². The quantitative estimate of drug-likeness (QED) is 0.281. The van der Waals surface area contributed by atoms with Crippen molar-refractivity contribution in [2.75, 3.05) is 18.1 Å². The van der Waals surface area contributed by atoms with Gasteiger partial charge in [0.25, 0.3) is 0 Å². The molecule has 0 spiro atoms. The lowest BCUT2D eigenvalue weighted by Gasteiger charge is -2.07. The van der Waals surface area contributed by atoms with E-state index in [1.54, 1.807) is 0 Å². The molecule has 0 heterocycles. The van der Waals surface area contributed by atoms with Crippen molar-refractivity contribution in [3.63, 3.8) is 0 Å². The van der Waals surface area contributed by atoms with E-state index in [9.17, 15) is 4.79 Å². The summed E-state index contributed by atoms with van der Waals surface area (Å²) in [7, 11) is 0. The van der Waals surface area contributed by atoms with E-state index in [0.29, 0.717) is 12.3 Å². The molecule has 0 aliphatic carbocycles. The van der Waals surface area contributed by atoms with Crippen LogP contribution in [-0.4, -0.2) is 24.0 Å². The number of thioether (sulfide) groups is 1. The molecule has 24 heavy (non-hydrogen) atoms. The van der Waals surface area contributed by atoms with Gasteiger partial charge in [0.2, 0.25) is 5.91 Å². The van der Waals surface area contributed by atoms with Crippen molar-refractivity contribution in [2.45, 2.75) is 104 Å². The van der Waals surface area contributed by atoms with Gasteiger partial charge in [0.15, 0.2) is 0 Å². The summed E-state index contributed by atoms with van der Waals surface area (Å²) in [6, 6.07) is 0.